The lowest BCUT2D eigenvalue weighted by molar-refractivity contribution is 0.0950. The molecule has 0 aliphatic heterocycles. The second kappa shape index (κ2) is 10.8. The number of carbonyl (C=O) groups excluding carboxylic acids is 3. The van der Waals surface area contributed by atoms with E-state index in [9.17, 15) is 14.4 Å². The van der Waals surface area contributed by atoms with Crippen molar-refractivity contribution in [3.05, 3.63) is 95.1 Å². The number of anilines is 1. The predicted octanol–water partition coefficient (Wildman–Crippen LogP) is 4.71. The quantitative estimate of drug-likeness (QED) is 0.416. The number of benzene rings is 3. The molecule has 0 aliphatic carbocycles. The van der Waals surface area contributed by atoms with Crippen LogP contribution in [0.2, 0.25) is 0 Å². The fourth-order valence-corrected chi connectivity index (χ4v) is 2.93. The van der Waals surface area contributed by atoms with Crippen LogP contribution in [0.3, 0.4) is 0 Å². The first kappa shape index (κ1) is 22.6. The summed E-state index contributed by atoms with van der Waals surface area (Å²) in [7, 11) is 0. The number of hydrogen-bond donors (Lipinski definition) is 2. The molecular formula is C25H24N2O5. The topological polar surface area (TPSA) is 93.7 Å². The van der Waals surface area contributed by atoms with Gasteiger partial charge in [0.15, 0.2) is 0 Å². The molecule has 3 rings (SSSR count). The second-order valence-corrected chi connectivity index (χ2v) is 6.96. The zero-order valence-corrected chi connectivity index (χ0v) is 17.9. The molecule has 0 unspecified atom stereocenters. The summed E-state index contributed by atoms with van der Waals surface area (Å²) in [5.41, 5.74) is 3.52. The molecule has 0 bridgehead atoms. The van der Waals surface area contributed by atoms with E-state index in [1.165, 1.54) is 12.1 Å². The van der Waals surface area contributed by atoms with Gasteiger partial charge in [0.05, 0.1) is 6.61 Å². The molecule has 0 aromatic heterocycles. The molecule has 0 saturated carbocycles. The molecule has 0 radical (unpaired) electrons. The van der Waals surface area contributed by atoms with Gasteiger partial charge in [-0.1, -0.05) is 30.3 Å². The lowest BCUT2D eigenvalue weighted by Crippen LogP contribution is -2.22. The van der Waals surface area contributed by atoms with Crippen LogP contribution >= 0.6 is 0 Å². The average Bonchev–Trinajstić information content (AvgIpc) is 2.79. The standard InChI is InChI=1S/C25H24N2O5/c1-3-31-25(30)32-21-14-10-19(11-15-21)23(28)26-16-18-8-12-20(13-9-18)27-24(29)22-7-5-4-6-17(22)2/h4-15H,3,16H2,1-2H3,(H,26,28)(H,27,29). The van der Waals surface area contributed by atoms with Gasteiger partial charge in [-0.05, 0) is 67.4 Å². The van der Waals surface area contributed by atoms with Gasteiger partial charge in [-0.2, -0.15) is 0 Å². The highest BCUT2D eigenvalue weighted by molar-refractivity contribution is 6.05. The smallest absolute Gasteiger partial charge is 0.434 e. The third-order valence-corrected chi connectivity index (χ3v) is 4.63. The molecule has 0 spiro atoms. The highest BCUT2D eigenvalue weighted by Gasteiger charge is 2.10. The van der Waals surface area contributed by atoms with Crippen LogP contribution in [-0.2, 0) is 11.3 Å². The van der Waals surface area contributed by atoms with E-state index in [4.69, 9.17) is 9.47 Å². The van der Waals surface area contributed by atoms with E-state index < -0.39 is 6.16 Å². The van der Waals surface area contributed by atoms with Gasteiger partial charge in [-0.3, -0.25) is 9.59 Å². The molecule has 7 heteroatoms. The number of carbonyl (C=O) groups is 3. The van der Waals surface area contributed by atoms with Gasteiger partial charge in [-0.25, -0.2) is 4.79 Å². The molecule has 0 fully saturated rings. The lowest BCUT2D eigenvalue weighted by Gasteiger charge is -2.09. The Morgan fingerprint density at radius 3 is 2.19 bits per heavy atom. The Bertz CT molecular complexity index is 1090. The van der Waals surface area contributed by atoms with E-state index >= 15 is 0 Å². The maximum atomic E-state index is 12.4. The molecule has 3 aromatic rings. The van der Waals surface area contributed by atoms with Gasteiger partial charge in [0.25, 0.3) is 11.8 Å². The van der Waals surface area contributed by atoms with E-state index in [0.29, 0.717) is 29.1 Å². The number of rotatable bonds is 7. The van der Waals surface area contributed by atoms with E-state index in [1.54, 1.807) is 37.3 Å². The fraction of sp³-hybridized carbons (Fsp3) is 0.160. The molecule has 2 amide bonds. The van der Waals surface area contributed by atoms with Crippen molar-refractivity contribution in [3.63, 3.8) is 0 Å². The van der Waals surface area contributed by atoms with Crippen LogP contribution in [0.25, 0.3) is 0 Å². The van der Waals surface area contributed by atoms with Crippen molar-refractivity contribution in [1.82, 2.24) is 5.32 Å². The largest absolute Gasteiger partial charge is 0.513 e. The molecule has 0 aliphatic rings. The summed E-state index contributed by atoms with van der Waals surface area (Å²) in [6.07, 6.45) is -0.789. The Kier molecular flexibility index (Phi) is 7.59. The van der Waals surface area contributed by atoms with Crippen LogP contribution < -0.4 is 15.4 Å². The maximum Gasteiger partial charge on any atom is 0.513 e. The first-order valence-electron chi connectivity index (χ1n) is 10.1. The molecule has 7 nitrogen and oxygen atoms in total. The van der Waals surface area contributed by atoms with Crippen molar-refractivity contribution >= 4 is 23.7 Å². The second-order valence-electron chi connectivity index (χ2n) is 6.96. The third-order valence-electron chi connectivity index (χ3n) is 4.63. The Labute approximate surface area is 186 Å². The zero-order chi connectivity index (χ0) is 22.9. The molecule has 32 heavy (non-hydrogen) atoms. The first-order valence-corrected chi connectivity index (χ1v) is 10.1. The Hall–Kier alpha value is -4.13. The predicted molar refractivity (Wildman–Crippen MR) is 121 cm³/mol. The third kappa shape index (κ3) is 6.18. The minimum absolute atomic E-state index is 0.167. The molecule has 2 N–H and O–H groups in total. The highest BCUT2D eigenvalue weighted by Crippen LogP contribution is 2.15. The zero-order valence-electron chi connectivity index (χ0n) is 17.9. The SMILES string of the molecule is CCOC(=O)Oc1ccc(C(=O)NCc2ccc(NC(=O)c3ccccc3C)cc2)cc1. The van der Waals surface area contributed by atoms with Crippen molar-refractivity contribution in [2.45, 2.75) is 20.4 Å². The first-order chi connectivity index (χ1) is 15.5. The molecular weight excluding hydrogens is 408 g/mol. The van der Waals surface area contributed by atoms with E-state index in [1.807, 2.05) is 37.3 Å². The minimum Gasteiger partial charge on any atom is -0.434 e. The Balaban J connectivity index is 1.51. The minimum atomic E-state index is -0.789. The van der Waals surface area contributed by atoms with Crippen LogP contribution in [0.15, 0.2) is 72.8 Å². The van der Waals surface area contributed by atoms with Gasteiger partial charge < -0.3 is 20.1 Å². The molecule has 164 valence electrons. The number of aryl methyl sites for hydroxylation is 1. The van der Waals surface area contributed by atoms with Crippen molar-refractivity contribution in [2.24, 2.45) is 0 Å². The van der Waals surface area contributed by atoms with Crippen molar-refractivity contribution in [2.75, 3.05) is 11.9 Å². The Morgan fingerprint density at radius 2 is 1.53 bits per heavy atom. The van der Waals surface area contributed by atoms with Crippen molar-refractivity contribution in [1.29, 1.82) is 0 Å². The van der Waals surface area contributed by atoms with Crippen LogP contribution in [0, 0.1) is 6.92 Å². The van der Waals surface area contributed by atoms with Crippen LogP contribution in [0.4, 0.5) is 10.5 Å². The summed E-state index contributed by atoms with van der Waals surface area (Å²) in [6.45, 7) is 4.12. The van der Waals surface area contributed by atoms with E-state index in [2.05, 4.69) is 10.6 Å². The summed E-state index contributed by atoms with van der Waals surface area (Å²) >= 11 is 0. The molecule has 0 heterocycles. The lowest BCUT2D eigenvalue weighted by atomic mass is 10.1. The number of nitrogens with one attached hydrogen (secondary N) is 2. The summed E-state index contributed by atoms with van der Waals surface area (Å²) in [4.78, 5) is 36.1. The van der Waals surface area contributed by atoms with E-state index in [-0.39, 0.29) is 18.4 Å². The number of hydrogen-bond acceptors (Lipinski definition) is 5. The monoisotopic (exact) mass is 432 g/mol. The van der Waals surface area contributed by atoms with Crippen molar-refractivity contribution < 1.29 is 23.9 Å². The summed E-state index contributed by atoms with van der Waals surface area (Å²) < 4.78 is 9.67. The highest BCUT2D eigenvalue weighted by atomic mass is 16.7. The molecule has 0 atom stereocenters. The summed E-state index contributed by atoms with van der Waals surface area (Å²) in [5, 5.41) is 5.70. The van der Waals surface area contributed by atoms with Gasteiger partial charge in [-0.15, -0.1) is 0 Å². The average molecular weight is 432 g/mol. The van der Waals surface area contributed by atoms with Gasteiger partial charge >= 0.3 is 6.16 Å². The van der Waals surface area contributed by atoms with Gasteiger partial charge in [0.2, 0.25) is 0 Å². The van der Waals surface area contributed by atoms with E-state index in [0.717, 1.165) is 11.1 Å². The molecule has 0 saturated heterocycles. The van der Waals surface area contributed by atoms with Gasteiger partial charge in [0.1, 0.15) is 5.75 Å². The normalized spacial score (nSPS) is 10.2. The maximum absolute atomic E-state index is 12.4. The summed E-state index contributed by atoms with van der Waals surface area (Å²) in [6, 6.07) is 20.8. The van der Waals surface area contributed by atoms with Crippen LogP contribution in [-0.4, -0.2) is 24.6 Å². The molecule has 3 aromatic carbocycles. The van der Waals surface area contributed by atoms with Crippen LogP contribution in [0.1, 0.15) is 38.8 Å². The van der Waals surface area contributed by atoms with Gasteiger partial charge in [0, 0.05) is 23.4 Å². The fourth-order valence-electron chi connectivity index (χ4n) is 2.93. The van der Waals surface area contributed by atoms with Crippen LogP contribution in [0.5, 0.6) is 5.75 Å². The number of ether oxygens (including phenoxy) is 2. The number of amides is 2. The summed E-state index contributed by atoms with van der Waals surface area (Å²) in [5.74, 6) is -0.132. The Morgan fingerprint density at radius 1 is 0.844 bits per heavy atom. The van der Waals surface area contributed by atoms with Crippen molar-refractivity contribution in [3.8, 4) is 5.75 Å².